The third-order valence-corrected chi connectivity index (χ3v) is 4.03. The van der Waals surface area contributed by atoms with Gasteiger partial charge in [0.05, 0.1) is 24.0 Å². The van der Waals surface area contributed by atoms with Crippen molar-refractivity contribution in [3.63, 3.8) is 0 Å². The van der Waals surface area contributed by atoms with Gasteiger partial charge in [0, 0.05) is 24.2 Å². The van der Waals surface area contributed by atoms with Crippen LogP contribution in [0.25, 0.3) is 11.0 Å². The van der Waals surface area contributed by atoms with Crippen LogP contribution in [0, 0.1) is 0 Å². The lowest BCUT2D eigenvalue weighted by molar-refractivity contribution is 0.0938. The maximum atomic E-state index is 12.3. The Labute approximate surface area is 147 Å². The molecule has 0 radical (unpaired) electrons. The van der Waals surface area contributed by atoms with Crippen LogP contribution in [-0.4, -0.2) is 39.3 Å². The highest BCUT2D eigenvalue weighted by molar-refractivity contribution is 5.97. The van der Waals surface area contributed by atoms with E-state index in [4.69, 9.17) is 10.8 Å². The van der Waals surface area contributed by atoms with Crippen LogP contribution in [0.1, 0.15) is 29.6 Å². The molecule has 128 valence electrons. The summed E-state index contributed by atoms with van der Waals surface area (Å²) in [6.07, 6.45) is 4.44. The van der Waals surface area contributed by atoms with Crippen molar-refractivity contribution >= 4 is 41.8 Å². The van der Waals surface area contributed by atoms with Crippen LogP contribution in [0.15, 0.2) is 24.5 Å². The predicted molar refractivity (Wildman–Crippen MR) is 94.4 cm³/mol. The predicted octanol–water partition coefficient (Wildman–Crippen LogP) is 1.48. The van der Waals surface area contributed by atoms with Crippen LogP contribution >= 0.6 is 24.8 Å². The topological polar surface area (TPSA) is 93.2 Å². The molecular formula is C15H22Cl2N4O2. The summed E-state index contributed by atoms with van der Waals surface area (Å²) in [5.41, 5.74) is 8.15. The van der Waals surface area contributed by atoms with E-state index in [1.54, 1.807) is 18.5 Å². The summed E-state index contributed by atoms with van der Waals surface area (Å²) in [5, 5.41) is 12.0. The molecule has 1 saturated carbocycles. The minimum Gasteiger partial charge on any atom is -0.395 e. The van der Waals surface area contributed by atoms with Gasteiger partial charge in [-0.2, -0.15) is 0 Å². The minimum absolute atomic E-state index is 0. The normalized spacial score (nSPS) is 19.9. The molecule has 0 unspecified atom stereocenters. The average molecular weight is 361 g/mol. The van der Waals surface area contributed by atoms with Gasteiger partial charge in [-0.1, -0.05) is 0 Å². The first kappa shape index (κ1) is 19.7. The van der Waals surface area contributed by atoms with Crippen LogP contribution < -0.4 is 11.1 Å². The van der Waals surface area contributed by atoms with Gasteiger partial charge in [0.25, 0.3) is 5.91 Å². The largest absolute Gasteiger partial charge is 0.395 e. The first-order chi connectivity index (χ1) is 10.2. The summed E-state index contributed by atoms with van der Waals surface area (Å²) in [6.45, 7) is 0.567. The molecule has 3 rings (SSSR count). The molecule has 2 atom stereocenters. The second kappa shape index (κ2) is 8.49. The molecule has 0 bridgehead atoms. The number of nitrogens with zero attached hydrogens (tertiary/aromatic N) is 2. The SMILES string of the molecule is Cl.Cl.N[C@@H]1CC[C@@H](NC(=O)c2ccc3c(c2)ncn3CCO)C1. The van der Waals surface area contributed by atoms with E-state index < -0.39 is 0 Å². The monoisotopic (exact) mass is 360 g/mol. The summed E-state index contributed by atoms with van der Waals surface area (Å²) in [4.78, 5) is 16.5. The number of rotatable bonds is 4. The third kappa shape index (κ3) is 4.35. The van der Waals surface area contributed by atoms with Crippen molar-refractivity contribution in [3.8, 4) is 0 Å². The molecule has 0 spiro atoms. The fraction of sp³-hybridized carbons (Fsp3) is 0.467. The van der Waals surface area contributed by atoms with E-state index in [1.165, 1.54) is 0 Å². The van der Waals surface area contributed by atoms with Crippen molar-refractivity contribution in [1.29, 1.82) is 0 Å². The smallest absolute Gasteiger partial charge is 0.251 e. The summed E-state index contributed by atoms with van der Waals surface area (Å²) >= 11 is 0. The fourth-order valence-corrected chi connectivity index (χ4v) is 2.91. The van der Waals surface area contributed by atoms with Crippen molar-refractivity contribution in [1.82, 2.24) is 14.9 Å². The number of aliphatic hydroxyl groups excluding tert-OH is 1. The van der Waals surface area contributed by atoms with Crippen molar-refractivity contribution in [2.24, 2.45) is 5.73 Å². The summed E-state index contributed by atoms with van der Waals surface area (Å²) in [7, 11) is 0. The van der Waals surface area contributed by atoms with E-state index in [1.807, 2.05) is 10.6 Å². The molecule has 1 aromatic heterocycles. The molecule has 1 amide bonds. The van der Waals surface area contributed by atoms with Crippen LogP contribution in [0.5, 0.6) is 0 Å². The molecule has 1 heterocycles. The van der Waals surface area contributed by atoms with Gasteiger partial charge in [-0.05, 0) is 37.5 Å². The second-order valence-electron chi connectivity index (χ2n) is 5.61. The number of carbonyl (C=O) groups excluding carboxylic acids is 1. The number of benzene rings is 1. The zero-order chi connectivity index (χ0) is 14.8. The number of fused-ring (bicyclic) bond motifs is 1. The van der Waals surface area contributed by atoms with Gasteiger partial charge in [0.2, 0.25) is 0 Å². The molecule has 1 aliphatic rings. The maximum Gasteiger partial charge on any atom is 0.251 e. The number of imidazole rings is 1. The van der Waals surface area contributed by atoms with E-state index in [0.717, 1.165) is 30.3 Å². The molecule has 1 fully saturated rings. The van der Waals surface area contributed by atoms with Crippen molar-refractivity contribution in [2.45, 2.75) is 37.9 Å². The molecule has 0 aliphatic heterocycles. The molecule has 8 heteroatoms. The zero-order valence-electron chi connectivity index (χ0n) is 12.6. The van der Waals surface area contributed by atoms with Gasteiger partial charge < -0.3 is 20.7 Å². The molecule has 4 N–H and O–H groups in total. The van der Waals surface area contributed by atoms with E-state index in [-0.39, 0.29) is 49.4 Å². The molecule has 0 saturated heterocycles. The fourth-order valence-electron chi connectivity index (χ4n) is 2.91. The lowest BCUT2D eigenvalue weighted by Gasteiger charge is -2.12. The highest BCUT2D eigenvalue weighted by Gasteiger charge is 2.23. The van der Waals surface area contributed by atoms with Gasteiger partial charge in [0.15, 0.2) is 0 Å². The Bertz CT molecular complexity index is 662. The molecule has 1 aromatic carbocycles. The Morgan fingerprint density at radius 1 is 1.39 bits per heavy atom. The maximum absolute atomic E-state index is 12.3. The number of aromatic nitrogens is 2. The van der Waals surface area contributed by atoms with E-state index >= 15 is 0 Å². The van der Waals surface area contributed by atoms with Gasteiger partial charge in [-0.25, -0.2) is 4.98 Å². The quantitative estimate of drug-likeness (QED) is 0.769. The van der Waals surface area contributed by atoms with E-state index in [2.05, 4.69) is 10.3 Å². The third-order valence-electron chi connectivity index (χ3n) is 4.03. The highest BCUT2D eigenvalue weighted by atomic mass is 35.5. The second-order valence-corrected chi connectivity index (χ2v) is 5.61. The standard InChI is InChI=1S/C15H20N4O2.2ClH/c16-11-2-3-12(8-11)18-15(21)10-1-4-14-13(7-10)17-9-19(14)5-6-20;;/h1,4,7,9,11-12,20H,2-3,5-6,8,16H2,(H,18,21);2*1H/t11-,12-;;/m1../s1. The number of halogens is 2. The highest BCUT2D eigenvalue weighted by Crippen LogP contribution is 2.19. The Balaban J connectivity index is 0.00000132. The molecule has 23 heavy (non-hydrogen) atoms. The lowest BCUT2D eigenvalue weighted by atomic mass is 10.1. The first-order valence-corrected chi connectivity index (χ1v) is 7.29. The van der Waals surface area contributed by atoms with Gasteiger partial charge >= 0.3 is 0 Å². The first-order valence-electron chi connectivity index (χ1n) is 7.29. The summed E-state index contributed by atoms with van der Waals surface area (Å²) in [5.74, 6) is -0.0762. The number of nitrogens with two attached hydrogens (primary N) is 1. The molecule has 1 aliphatic carbocycles. The number of carbonyl (C=O) groups is 1. The molecule has 2 aromatic rings. The van der Waals surface area contributed by atoms with Crippen LogP contribution in [0.3, 0.4) is 0 Å². The summed E-state index contributed by atoms with van der Waals surface area (Å²) in [6, 6.07) is 5.82. The number of nitrogens with one attached hydrogen (secondary N) is 1. The Hall–Kier alpha value is -1.34. The summed E-state index contributed by atoms with van der Waals surface area (Å²) < 4.78 is 1.87. The number of amides is 1. The lowest BCUT2D eigenvalue weighted by Crippen LogP contribution is -2.34. The Kier molecular flexibility index (Phi) is 7.28. The van der Waals surface area contributed by atoms with Crippen molar-refractivity contribution in [2.75, 3.05) is 6.61 Å². The molecule has 6 nitrogen and oxygen atoms in total. The van der Waals surface area contributed by atoms with E-state index in [0.29, 0.717) is 12.1 Å². The number of hydrogen-bond donors (Lipinski definition) is 3. The minimum atomic E-state index is -0.0762. The Morgan fingerprint density at radius 2 is 2.17 bits per heavy atom. The average Bonchev–Trinajstić information content (AvgIpc) is 3.06. The Morgan fingerprint density at radius 3 is 2.83 bits per heavy atom. The van der Waals surface area contributed by atoms with Crippen LogP contribution in [0.4, 0.5) is 0 Å². The van der Waals surface area contributed by atoms with Gasteiger partial charge in [0.1, 0.15) is 0 Å². The van der Waals surface area contributed by atoms with Gasteiger partial charge in [-0.15, -0.1) is 24.8 Å². The number of hydrogen-bond acceptors (Lipinski definition) is 4. The van der Waals surface area contributed by atoms with Crippen molar-refractivity contribution < 1.29 is 9.90 Å². The van der Waals surface area contributed by atoms with Gasteiger partial charge in [-0.3, -0.25) is 4.79 Å². The van der Waals surface area contributed by atoms with Crippen molar-refractivity contribution in [3.05, 3.63) is 30.1 Å². The molecular weight excluding hydrogens is 339 g/mol. The van der Waals surface area contributed by atoms with E-state index in [9.17, 15) is 4.79 Å². The van der Waals surface area contributed by atoms with Crippen LogP contribution in [0.2, 0.25) is 0 Å². The number of aliphatic hydroxyl groups is 1. The van der Waals surface area contributed by atoms with Crippen LogP contribution in [-0.2, 0) is 6.54 Å². The zero-order valence-corrected chi connectivity index (χ0v) is 14.3.